The van der Waals surface area contributed by atoms with E-state index in [4.69, 9.17) is 0 Å². The molecule has 0 saturated carbocycles. The fourth-order valence-electron chi connectivity index (χ4n) is 2.76. The van der Waals surface area contributed by atoms with Crippen LogP contribution in [0.1, 0.15) is 24.2 Å². The summed E-state index contributed by atoms with van der Waals surface area (Å²) in [5.74, 6) is -0.331. The van der Waals surface area contributed by atoms with Crippen LogP contribution in [0.2, 0.25) is 0 Å². The van der Waals surface area contributed by atoms with Gasteiger partial charge in [-0.05, 0) is 42.5 Å². The molecule has 0 aliphatic carbocycles. The first-order valence-electron chi connectivity index (χ1n) is 8.82. The predicted octanol–water partition coefficient (Wildman–Crippen LogP) is 2.55. The molecule has 28 heavy (non-hydrogen) atoms. The molecule has 146 valence electrons. The zero-order valence-corrected chi connectivity index (χ0v) is 16.4. The molecule has 3 rings (SSSR count). The highest BCUT2D eigenvalue weighted by molar-refractivity contribution is 7.89. The third-order valence-electron chi connectivity index (χ3n) is 4.25. The van der Waals surface area contributed by atoms with Gasteiger partial charge in [-0.3, -0.25) is 4.79 Å². The van der Waals surface area contributed by atoms with Crippen LogP contribution in [-0.2, 0) is 10.0 Å². The van der Waals surface area contributed by atoms with Gasteiger partial charge in [0.05, 0.1) is 10.6 Å². The number of anilines is 1. The summed E-state index contributed by atoms with van der Waals surface area (Å²) in [7, 11) is -3.59. The first kappa shape index (κ1) is 19.7. The Morgan fingerprint density at radius 3 is 2.43 bits per heavy atom. The van der Waals surface area contributed by atoms with Crippen molar-refractivity contribution in [2.24, 2.45) is 0 Å². The highest BCUT2D eigenvalue weighted by atomic mass is 32.2. The standard InChI is InChI=1S/C19H21N5O3S/c1-3-23(4-2)28(26,27)18-7-5-6-16(12-18)22-19(25)15-8-10-17(11-9-15)24-14-20-13-21-24/h5-14H,3-4H2,1-2H3,(H,22,25). The normalized spacial score (nSPS) is 11.5. The van der Waals surface area contributed by atoms with Crippen molar-refractivity contribution >= 4 is 21.6 Å². The summed E-state index contributed by atoms with van der Waals surface area (Å²) in [5, 5.41) is 6.78. The lowest BCUT2D eigenvalue weighted by Gasteiger charge is -2.18. The van der Waals surface area contributed by atoms with Crippen molar-refractivity contribution in [3.05, 3.63) is 66.7 Å². The maximum absolute atomic E-state index is 12.7. The van der Waals surface area contributed by atoms with E-state index in [0.717, 1.165) is 5.69 Å². The Hall–Kier alpha value is -3.04. The van der Waals surface area contributed by atoms with Gasteiger partial charge in [-0.15, -0.1) is 0 Å². The zero-order valence-electron chi connectivity index (χ0n) is 15.6. The quantitative estimate of drug-likeness (QED) is 0.658. The molecule has 0 aliphatic rings. The fraction of sp³-hybridized carbons (Fsp3) is 0.211. The van der Waals surface area contributed by atoms with Crippen molar-refractivity contribution in [1.82, 2.24) is 19.1 Å². The van der Waals surface area contributed by atoms with Gasteiger partial charge >= 0.3 is 0 Å². The summed E-state index contributed by atoms with van der Waals surface area (Å²) >= 11 is 0. The third kappa shape index (κ3) is 4.10. The van der Waals surface area contributed by atoms with Crippen LogP contribution in [0.3, 0.4) is 0 Å². The van der Waals surface area contributed by atoms with Crippen molar-refractivity contribution in [2.45, 2.75) is 18.7 Å². The van der Waals surface area contributed by atoms with E-state index >= 15 is 0 Å². The molecule has 0 aliphatic heterocycles. The number of sulfonamides is 1. The van der Waals surface area contributed by atoms with E-state index < -0.39 is 10.0 Å². The van der Waals surface area contributed by atoms with Gasteiger partial charge in [0.2, 0.25) is 10.0 Å². The number of nitrogens with one attached hydrogen (secondary N) is 1. The first-order chi connectivity index (χ1) is 13.5. The van der Waals surface area contributed by atoms with Crippen molar-refractivity contribution in [3.63, 3.8) is 0 Å². The van der Waals surface area contributed by atoms with Gasteiger partial charge in [-0.2, -0.15) is 9.40 Å². The Morgan fingerprint density at radius 1 is 1.11 bits per heavy atom. The molecule has 9 heteroatoms. The maximum atomic E-state index is 12.7. The largest absolute Gasteiger partial charge is 0.322 e. The monoisotopic (exact) mass is 399 g/mol. The van der Waals surface area contributed by atoms with Crippen molar-refractivity contribution < 1.29 is 13.2 Å². The van der Waals surface area contributed by atoms with E-state index in [1.165, 1.54) is 22.8 Å². The maximum Gasteiger partial charge on any atom is 0.255 e. The van der Waals surface area contributed by atoms with Gasteiger partial charge in [0, 0.05) is 24.3 Å². The first-order valence-corrected chi connectivity index (χ1v) is 10.3. The second-order valence-corrected chi connectivity index (χ2v) is 7.90. The summed E-state index contributed by atoms with van der Waals surface area (Å²) < 4.78 is 28.3. The van der Waals surface area contributed by atoms with Crippen LogP contribution in [-0.4, -0.2) is 46.5 Å². The average molecular weight is 399 g/mol. The molecular formula is C19H21N5O3S. The number of nitrogens with zero attached hydrogens (tertiary/aromatic N) is 4. The minimum Gasteiger partial charge on any atom is -0.322 e. The number of amides is 1. The second-order valence-electron chi connectivity index (χ2n) is 5.96. The second kappa shape index (κ2) is 8.32. The van der Waals surface area contributed by atoms with E-state index in [1.54, 1.807) is 61.3 Å². The van der Waals surface area contributed by atoms with Crippen LogP contribution in [0.4, 0.5) is 5.69 Å². The van der Waals surface area contributed by atoms with Gasteiger partial charge in [0.15, 0.2) is 0 Å². The molecule has 1 aromatic heterocycles. The minimum atomic E-state index is -3.59. The summed E-state index contributed by atoms with van der Waals surface area (Å²) in [4.78, 5) is 16.5. The Labute approximate surface area is 163 Å². The van der Waals surface area contributed by atoms with E-state index in [1.807, 2.05) is 0 Å². The number of carbonyl (C=O) groups excluding carboxylic acids is 1. The molecule has 0 fully saturated rings. The molecule has 0 radical (unpaired) electrons. The van der Waals surface area contributed by atoms with Crippen LogP contribution in [0.25, 0.3) is 5.69 Å². The predicted molar refractivity (Wildman–Crippen MR) is 106 cm³/mol. The number of rotatable bonds is 7. The summed E-state index contributed by atoms with van der Waals surface area (Å²) in [6, 6.07) is 13.1. The molecule has 1 amide bonds. The molecule has 1 heterocycles. The topological polar surface area (TPSA) is 97.2 Å². The number of benzene rings is 2. The highest BCUT2D eigenvalue weighted by Crippen LogP contribution is 2.20. The van der Waals surface area contributed by atoms with Crippen LogP contribution in [0.15, 0.2) is 66.1 Å². The van der Waals surface area contributed by atoms with E-state index in [0.29, 0.717) is 24.3 Å². The van der Waals surface area contributed by atoms with Gasteiger partial charge in [0.1, 0.15) is 12.7 Å². The van der Waals surface area contributed by atoms with E-state index in [2.05, 4.69) is 15.4 Å². The molecule has 0 spiro atoms. The van der Waals surface area contributed by atoms with Gasteiger partial charge < -0.3 is 5.32 Å². The Balaban J connectivity index is 1.78. The molecule has 0 atom stereocenters. The van der Waals surface area contributed by atoms with Crippen molar-refractivity contribution in [1.29, 1.82) is 0 Å². The lowest BCUT2D eigenvalue weighted by molar-refractivity contribution is 0.102. The van der Waals surface area contributed by atoms with Crippen molar-refractivity contribution in [3.8, 4) is 5.69 Å². The Bertz CT molecular complexity index is 1040. The third-order valence-corrected chi connectivity index (χ3v) is 6.29. The zero-order chi connectivity index (χ0) is 20.1. The molecule has 2 aromatic carbocycles. The molecule has 8 nitrogen and oxygen atoms in total. The lowest BCUT2D eigenvalue weighted by Crippen LogP contribution is -2.30. The lowest BCUT2D eigenvalue weighted by atomic mass is 10.2. The Morgan fingerprint density at radius 2 is 1.82 bits per heavy atom. The summed E-state index contributed by atoms with van der Waals surface area (Å²) in [6.45, 7) is 4.34. The van der Waals surface area contributed by atoms with Gasteiger partial charge in [0.25, 0.3) is 5.91 Å². The van der Waals surface area contributed by atoms with Crippen LogP contribution in [0, 0.1) is 0 Å². The SMILES string of the molecule is CCN(CC)S(=O)(=O)c1cccc(NC(=O)c2ccc(-n3cncn3)cc2)c1. The number of hydrogen-bond acceptors (Lipinski definition) is 5. The number of carbonyl (C=O) groups is 1. The summed E-state index contributed by atoms with van der Waals surface area (Å²) in [6.07, 6.45) is 3.00. The number of aromatic nitrogens is 3. The van der Waals surface area contributed by atoms with E-state index in [-0.39, 0.29) is 10.8 Å². The van der Waals surface area contributed by atoms with Gasteiger partial charge in [-0.1, -0.05) is 19.9 Å². The molecule has 0 unspecified atom stereocenters. The van der Waals surface area contributed by atoms with Crippen LogP contribution in [0.5, 0.6) is 0 Å². The van der Waals surface area contributed by atoms with Crippen molar-refractivity contribution in [2.75, 3.05) is 18.4 Å². The van der Waals surface area contributed by atoms with Crippen LogP contribution < -0.4 is 5.32 Å². The van der Waals surface area contributed by atoms with Crippen LogP contribution >= 0.6 is 0 Å². The highest BCUT2D eigenvalue weighted by Gasteiger charge is 2.21. The fourth-order valence-corrected chi connectivity index (χ4v) is 4.26. The van der Waals surface area contributed by atoms with E-state index in [9.17, 15) is 13.2 Å². The minimum absolute atomic E-state index is 0.149. The smallest absolute Gasteiger partial charge is 0.255 e. The molecule has 0 saturated heterocycles. The molecular weight excluding hydrogens is 378 g/mol. The molecule has 3 aromatic rings. The van der Waals surface area contributed by atoms with Gasteiger partial charge in [-0.25, -0.2) is 18.1 Å². The average Bonchev–Trinajstić information content (AvgIpc) is 3.24. The number of hydrogen-bond donors (Lipinski definition) is 1. The molecule has 1 N–H and O–H groups in total. The summed E-state index contributed by atoms with van der Waals surface area (Å²) in [5.41, 5.74) is 1.64. The Kier molecular flexibility index (Phi) is 5.86. The molecule has 0 bridgehead atoms.